The van der Waals surface area contributed by atoms with Gasteiger partial charge in [-0.1, -0.05) is 18.6 Å². The van der Waals surface area contributed by atoms with E-state index in [1.165, 1.54) is 5.57 Å². The summed E-state index contributed by atoms with van der Waals surface area (Å²) < 4.78 is 0. The highest BCUT2D eigenvalue weighted by atomic mass is 35.5. The number of amides is 1. The molecule has 1 aliphatic heterocycles. The lowest BCUT2D eigenvalue weighted by atomic mass is 10.1. The molecule has 0 saturated heterocycles. The summed E-state index contributed by atoms with van der Waals surface area (Å²) in [5.74, 6) is -0.000808. The zero-order valence-corrected chi connectivity index (χ0v) is 15.4. The van der Waals surface area contributed by atoms with E-state index in [1.807, 2.05) is 24.3 Å². The summed E-state index contributed by atoms with van der Waals surface area (Å²) in [6.45, 7) is 5.74. The molecule has 0 bridgehead atoms. The molecule has 0 unspecified atom stereocenters. The minimum Gasteiger partial charge on any atom is -0.375 e. The number of carbonyl (C=O) groups is 1. The Morgan fingerprint density at radius 1 is 1.26 bits per heavy atom. The number of rotatable bonds is 6. The highest BCUT2D eigenvalue weighted by Crippen LogP contribution is 2.14. The van der Waals surface area contributed by atoms with Gasteiger partial charge < -0.3 is 15.5 Å². The van der Waals surface area contributed by atoms with Crippen molar-refractivity contribution in [3.63, 3.8) is 0 Å². The molecule has 6 heteroatoms. The van der Waals surface area contributed by atoms with Gasteiger partial charge in [0.15, 0.2) is 0 Å². The maximum Gasteiger partial charge on any atom is 0.251 e. The second-order valence-electron chi connectivity index (χ2n) is 5.47. The molecular formula is C17H27Cl2N3O. The lowest BCUT2D eigenvalue weighted by Gasteiger charge is -2.18. The third-order valence-electron chi connectivity index (χ3n) is 3.76. The van der Waals surface area contributed by atoms with E-state index in [1.54, 1.807) is 0 Å². The molecule has 1 aromatic carbocycles. The standard InChI is InChI=1S/C17H25N3O.2ClH/c1-3-12-20(2)16-6-4-15(5-7-16)17(21)19-13-14-8-10-18-11-9-14;;/h4-8,18H,3,9-13H2,1-2H3,(H,19,21);2*1H. The lowest BCUT2D eigenvalue weighted by Crippen LogP contribution is -2.29. The SMILES string of the molecule is CCCN(C)c1ccc(C(=O)NCC2=CCNCC2)cc1.Cl.Cl. The first-order valence-electron chi connectivity index (χ1n) is 7.68. The first kappa shape index (κ1) is 21.8. The van der Waals surface area contributed by atoms with E-state index < -0.39 is 0 Å². The van der Waals surface area contributed by atoms with Crippen LogP contribution in [0.3, 0.4) is 0 Å². The van der Waals surface area contributed by atoms with Crippen molar-refractivity contribution in [2.24, 2.45) is 0 Å². The van der Waals surface area contributed by atoms with E-state index in [0.717, 1.165) is 43.7 Å². The fourth-order valence-electron chi connectivity index (χ4n) is 2.46. The molecule has 2 N–H and O–H groups in total. The Labute approximate surface area is 151 Å². The van der Waals surface area contributed by atoms with Gasteiger partial charge in [-0.05, 0) is 43.7 Å². The first-order valence-corrected chi connectivity index (χ1v) is 7.68. The van der Waals surface area contributed by atoms with E-state index in [0.29, 0.717) is 6.54 Å². The number of hydrogen-bond donors (Lipinski definition) is 2. The molecule has 0 atom stereocenters. The van der Waals surface area contributed by atoms with Gasteiger partial charge in [-0.3, -0.25) is 4.79 Å². The molecule has 0 spiro atoms. The highest BCUT2D eigenvalue weighted by Gasteiger charge is 2.08. The smallest absolute Gasteiger partial charge is 0.251 e. The van der Waals surface area contributed by atoms with Gasteiger partial charge >= 0.3 is 0 Å². The molecule has 0 aromatic heterocycles. The van der Waals surface area contributed by atoms with Crippen LogP contribution in [0.15, 0.2) is 35.9 Å². The molecule has 0 aliphatic carbocycles. The second-order valence-corrected chi connectivity index (χ2v) is 5.47. The second kappa shape index (κ2) is 11.3. The number of benzene rings is 1. The Morgan fingerprint density at radius 3 is 2.52 bits per heavy atom. The van der Waals surface area contributed by atoms with Crippen LogP contribution >= 0.6 is 24.8 Å². The summed E-state index contributed by atoms with van der Waals surface area (Å²) >= 11 is 0. The number of nitrogens with zero attached hydrogens (tertiary/aromatic N) is 1. The van der Waals surface area contributed by atoms with Gasteiger partial charge in [0.2, 0.25) is 0 Å². The Balaban J connectivity index is 0.00000242. The van der Waals surface area contributed by atoms with Crippen molar-refractivity contribution in [2.75, 3.05) is 38.1 Å². The number of carbonyl (C=O) groups excluding carboxylic acids is 1. The van der Waals surface area contributed by atoms with Crippen LogP contribution < -0.4 is 15.5 Å². The molecule has 1 amide bonds. The topological polar surface area (TPSA) is 44.4 Å². The van der Waals surface area contributed by atoms with Crippen LogP contribution in [0.2, 0.25) is 0 Å². The fraction of sp³-hybridized carbons (Fsp3) is 0.471. The van der Waals surface area contributed by atoms with Crippen molar-refractivity contribution in [3.05, 3.63) is 41.5 Å². The number of halogens is 2. The molecule has 0 saturated carbocycles. The molecule has 0 radical (unpaired) electrons. The molecular weight excluding hydrogens is 333 g/mol. The Kier molecular flexibility index (Phi) is 10.7. The highest BCUT2D eigenvalue weighted by molar-refractivity contribution is 5.94. The zero-order chi connectivity index (χ0) is 15.1. The van der Waals surface area contributed by atoms with Crippen molar-refractivity contribution < 1.29 is 4.79 Å². The van der Waals surface area contributed by atoms with Gasteiger partial charge in [0.25, 0.3) is 5.91 Å². The molecule has 130 valence electrons. The quantitative estimate of drug-likeness (QED) is 0.767. The maximum atomic E-state index is 12.1. The average molecular weight is 360 g/mol. The Bertz CT molecular complexity index is 503. The third kappa shape index (κ3) is 6.81. The van der Waals surface area contributed by atoms with E-state index in [4.69, 9.17) is 0 Å². The number of anilines is 1. The van der Waals surface area contributed by atoms with Gasteiger partial charge in [0.1, 0.15) is 0 Å². The van der Waals surface area contributed by atoms with Crippen LogP contribution in [0.4, 0.5) is 5.69 Å². The zero-order valence-electron chi connectivity index (χ0n) is 13.8. The fourth-order valence-corrected chi connectivity index (χ4v) is 2.46. The van der Waals surface area contributed by atoms with Crippen molar-refractivity contribution >= 4 is 36.4 Å². The van der Waals surface area contributed by atoms with Crippen LogP contribution in [0.5, 0.6) is 0 Å². The van der Waals surface area contributed by atoms with Crippen molar-refractivity contribution in [1.29, 1.82) is 0 Å². The molecule has 23 heavy (non-hydrogen) atoms. The Morgan fingerprint density at radius 2 is 1.96 bits per heavy atom. The molecule has 1 heterocycles. The minimum atomic E-state index is -0.000808. The molecule has 1 aromatic rings. The van der Waals surface area contributed by atoms with Crippen LogP contribution in [-0.2, 0) is 0 Å². The summed E-state index contributed by atoms with van der Waals surface area (Å²) in [5.41, 5.74) is 3.18. The first-order chi connectivity index (χ1) is 10.2. The van der Waals surface area contributed by atoms with Gasteiger partial charge in [-0.25, -0.2) is 0 Å². The summed E-state index contributed by atoms with van der Waals surface area (Å²) in [6, 6.07) is 7.81. The predicted octanol–water partition coefficient (Wildman–Crippen LogP) is 3.03. The number of nitrogens with one attached hydrogen (secondary N) is 2. The summed E-state index contributed by atoms with van der Waals surface area (Å²) in [5, 5.41) is 6.26. The lowest BCUT2D eigenvalue weighted by molar-refractivity contribution is 0.0956. The number of hydrogen-bond acceptors (Lipinski definition) is 3. The molecule has 2 rings (SSSR count). The predicted molar refractivity (Wildman–Crippen MR) is 102 cm³/mol. The summed E-state index contributed by atoms with van der Waals surface area (Å²) in [7, 11) is 2.07. The van der Waals surface area contributed by atoms with Crippen LogP contribution in [0.1, 0.15) is 30.1 Å². The Hall–Kier alpha value is -1.23. The van der Waals surface area contributed by atoms with Crippen LogP contribution in [0.25, 0.3) is 0 Å². The average Bonchev–Trinajstić information content (AvgIpc) is 2.54. The van der Waals surface area contributed by atoms with Gasteiger partial charge in [0, 0.05) is 37.9 Å². The normalized spacial score (nSPS) is 13.2. The van der Waals surface area contributed by atoms with Crippen molar-refractivity contribution in [3.8, 4) is 0 Å². The largest absolute Gasteiger partial charge is 0.375 e. The van der Waals surface area contributed by atoms with Crippen LogP contribution in [0, 0.1) is 0 Å². The third-order valence-corrected chi connectivity index (χ3v) is 3.76. The maximum absolute atomic E-state index is 12.1. The van der Waals surface area contributed by atoms with E-state index >= 15 is 0 Å². The molecule has 4 nitrogen and oxygen atoms in total. The monoisotopic (exact) mass is 359 g/mol. The van der Waals surface area contributed by atoms with Crippen molar-refractivity contribution in [1.82, 2.24) is 10.6 Å². The van der Waals surface area contributed by atoms with Gasteiger partial charge in [0.05, 0.1) is 0 Å². The van der Waals surface area contributed by atoms with E-state index in [2.05, 4.69) is 35.6 Å². The van der Waals surface area contributed by atoms with E-state index in [9.17, 15) is 4.79 Å². The molecule has 1 aliphatic rings. The summed E-state index contributed by atoms with van der Waals surface area (Å²) in [4.78, 5) is 14.3. The van der Waals surface area contributed by atoms with E-state index in [-0.39, 0.29) is 30.7 Å². The van der Waals surface area contributed by atoms with Gasteiger partial charge in [-0.2, -0.15) is 0 Å². The van der Waals surface area contributed by atoms with Crippen LogP contribution in [-0.4, -0.2) is 39.1 Å². The molecule has 0 fully saturated rings. The van der Waals surface area contributed by atoms with Gasteiger partial charge in [-0.15, -0.1) is 24.8 Å². The minimum absolute atomic E-state index is 0. The summed E-state index contributed by atoms with van der Waals surface area (Å²) in [6.07, 6.45) is 4.29. The van der Waals surface area contributed by atoms with Crippen molar-refractivity contribution in [2.45, 2.75) is 19.8 Å².